The highest BCUT2D eigenvalue weighted by Crippen LogP contribution is 2.21. The topological polar surface area (TPSA) is 64.0 Å². The second-order valence-corrected chi connectivity index (χ2v) is 5.47. The molecule has 0 saturated heterocycles. The van der Waals surface area contributed by atoms with Crippen LogP contribution in [0.5, 0.6) is 0 Å². The summed E-state index contributed by atoms with van der Waals surface area (Å²) < 4.78 is 28.0. The van der Waals surface area contributed by atoms with Crippen LogP contribution in [0.25, 0.3) is 0 Å². The van der Waals surface area contributed by atoms with E-state index in [1.54, 1.807) is 13.1 Å². The molecule has 0 aliphatic heterocycles. The average molecular weight is 229 g/mol. The Kier molecular flexibility index (Phi) is 2.56. The van der Waals surface area contributed by atoms with Crippen LogP contribution in [0.1, 0.15) is 25.6 Å². The van der Waals surface area contributed by atoms with Gasteiger partial charge in [-0.15, -0.1) is 0 Å². The van der Waals surface area contributed by atoms with Gasteiger partial charge in [0, 0.05) is 18.8 Å². The van der Waals surface area contributed by atoms with E-state index in [0.717, 1.165) is 25.2 Å². The third-order valence-corrected chi connectivity index (χ3v) is 3.86. The Hall–Kier alpha value is -0.880. The Balaban J connectivity index is 2.27. The summed E-state index contributed by atoms with van der Waals surface area (Å²) in [5.41, 5.74) is 0. The van der Waals surface area contributed by atoms with Crippen LogP contribution in [0, 0.1) is 6.92 Å². The summed E-state index contributed by atoms with van der Waals surface area (Å²) >= 11 is 0. The first-order valence-corrected chi connectivity index (χ1v) is 6.57. The molecule has 0 amide bonds. The largest absolute Gasteiger partial charge is 0.334 e. The lowest BCUT2D eigenvalue weighted by molar-refractivity contribution is 0.577. The molecule has 5 nitrogen and oxygen atoms in total. The van der Waals surface area contributed by atoms with E-state index >= 15 is 0 Å². The first-order valence-electron chi connectivity index (χ1n) is 5.09. The van der Waals surface area contributed by atoms with Crippen LogP contribution in [0.15, 0.2) is 11.2 Å². The van der Waals surface area contributed by atoms with Gasteiger partial charge in [-0.2, -0.15) is 0 Å². The van der Waals surface area contributed by atoms with Crippen LogP contribution in [-0.4, -0.2) is 24.0 Å². The molecule has 0 atom stereocenters. The molecule has 1 aromatic heterocycles. The summed E-state index contributed by atoms with van der Waals surface area (Å²) in [6.07, 6.45) is 3.46. The lowest BCUT2D eigenvalue weighted by Crippen LogP contribution is -2.26. The summed E-state index contributed by atoms with van der Waals surface area (Å²) in [4.78, 5) is 4.05. The fourth-order valence-corrected chi connectivity index (χ4v) is 2.72. The highest BCUT2D eigenvalue weighted by molar-refractivity contribution is 7.89. The van der Waals surface area contributed by atoms with Crippen molar-refractivity contribution in [3.8, 4) is 0 Å². The first-order chi connectivity index (χ1) is 7.03. The highest BCUT2D eigenvalue weighted by Gasteiger charge is 2.29. The zero-order valence-electron chi connectivity index (χ0n) is 8.90. The molecule has 0 aromatic carbocycles. The van der Waals surface area contributed by atoms with Gasteiger partial charge >= 0.3 is 0 Å². The number of imidazole rings is 1. The lowest BCUT2D eigenvalue weighted by Gasteiger charge is -2.00. The molecule has 0 spiro atoms. The normalized spacial score (nSPS) is 16.9. The SMILES string of the molecule is CCn1cc(S(=O)(=O)NC2CC2)nc1C. The Morgan fingerprint density at radius 1 is 1.60 bits per heavy atom. The Morgan fingerprint density at radius 3 is 2.73 bits per heavy atom. The molecule has 1 heterocycles. The van der Waals surface area contributed by atoms with Crippen molar-refractivity contribution in [1.29, 1.82) is 0 Å². The van der Waals surface area contributed by atoms with Gasteiger partial charge in [0.2, 0.25) is 0 Å². The Bertz CT molecular complexity index is 460. The van der Waals surface area contributed by atoms with E-state index in [2.05, 4.69) is 9.71 Å². The molecule has 6 heteroatoms. The minimum Gasteiger partial charge on any atom is -0.334 e. The Morgan fingerprint density at radius 2 is 2.27 bits per heavy atom. The fourth-order valence-electron chi connectivity index (χ4n) is 1.41. The number of sulfonamides is 1. The summed E-state index contributed by atoms with van der Waals surface area (Å²) in [6, 6.07) is 0.127. The molecule has 0 radical (unpaired) electrons. The van der Waals surface area contributed by atoms with Gasteiger partial charge in [0.05, 0.1) is 0 Å². The molecule has 84 valence electrons. The molecule has 1 aromatic rings. The predicted molar refractivity (Wildman–Crippen MR) is 56.0 cm³/mol. The lowest BCUT2D eigenvalue weighted by atomic mass is 10.6. The van der Waals surface area contributed by atoms with Gasteiger partial charge in [-0.3, -0.25) is 0 Å². The summed E-state index contributed by atoms with van der Waals surface area (Å²) in [7, 11) is -3.39. The van der Waals surface area contributed by atoms with Crippen LogP contribution < -0.4 is 4.72 Å². The second-order valence-electron chi connectivity index (χ2n) is 3.81. The molecular formula is C9H15N3O2S. The Labute approximate surface area is 89.6 Å². The molecule has 1 N–H and O–H groups in total. The molecule has 1 fully saturated rings. The quantitative estimate of drug-likeness (QED) is 0.824. The maximum atomic E-state index is 11.8. The summed E-state index contributed by atoms with van der Waals surface area (Å²) in [5.74, 6) is 0.730. The van der Waals surface area contributed by atoms with E-state index < -0.39 is 10.0 Å². The van der Waals surface area contributed by atoms with Crippen molar-refractivity contribution in [2.24, 2.45) is 0 Å². The van der Waals surface area contributed by atoms with E-state index in [9.17, 15) is 8.42 Å². The number of rotatable bonds is 4. The number of nitrogens with zero attached hydrogens (tertiary/aromatic N) is 2. The van der Waals surface area contributed by atoms with E-state index in [0.29, 0.717) is 0 Å². The summed E-state index contributed by atoms with van der Waals surface area (Å²) in [5, 5.41) is 0.133. The molecule has 0 bridgehead atoms. The van der Waals surface area contributed by atoms with Gasteiger partial charge in [-0.25, -0.2) is 18.1 Å². The summed E-state index contributed by atoms with van der Waals surface area (Å²) in [6.45, 7) is 4.50. The highest BCUT2D eigenvalue weighted by atomic mass is 32.2. The van der Waals surface area contributed by atoms with Gasteiger partial charge in [0.1, 0.15) is 5.82 Å². The zero-order chi connectivity index (χ0) is 11.1. The smallest absolute Gasteiger partial charge is 0.259 e. The standard InChI is InChI=1S/C9H15N3O2S/c1-3-12-6-9(10-7(12)2)15(13,14)11-8-4-5-8/h6,8,11H,3-5H2,1-2H3. The van der Waals surface area contributed by atoms with E-state index in [4.69, 9.17) is 0 Å². The predicted octanol–water partition coefficient (Wildman–Crippen LogP) is 0.652. The molecule has 2 rings (SSSR count). The van der Waals surface area contributed by atoms with Gasteiger partial charge < -0.3 is 4.57 Å². The van der Waals surface area contributed by atoms with Gasteiger partial charge in [-0.05, 0) is 26.7 Å². The van der Waals surface area contributed by atoms with Crippen molar-refractivity contribution >= 4 is 10.0 Å². The monoisotopic (exact) mass is 229 g/mol. The molecule has 1 aliphatic rings. The van der Waals surface area contributed by atoms with Crippen molar-refractivity contribution < 1.29 is 8.42 Å². The molecule has 0 unspecified atom stereocenters. The maximum absolute atomic E-state index is 11.8. The van der Waals surface area contributed by atoms with Crippen LogP contribution >= 0.6 is 0 Å². The van der Waals surface area contributed by atoms with Gasteiger partial charge in [0.15, 0.2) is 5.03 Å². The number of nitrogens with one attached hydrogen (secondary N) is 1. The number of hydrogen-bond donors (Lipinski definition) is 1. The van der Waals surface area contributed by atoms with Crippen LogP contribution in [0.3, 0.4) is 0 Å². The zero-order valence-corrected chi connectivity index (χ0v) is 9.71. The molecule has 1 aliphatic carbocycles. The molecule has 15 heavy (non-hydrogen) atoms. The van der Waals surface area contributed by atoms with Crippen molar-refractivity contribution in [2.45, 2.75) is 44.3 Å². The fraction of sp³-hybridized carbons (Fsp3) is 0.667. The first kappa shape index (κ1) is 10.6. The minimum atomic E-state index is -3.39. The molecular weight excluding hydrogens is 214 g/mol. The van der Waals surface area contributed by atoms with E-state index in [1.165, 1.54) is 0 Å². The van der Waals surface area contributed by atoms with Gasteiger partial charge in [0.25, 0.3) is 10.0 Å². The number of aromatic nitrogens is 2. The van der Waals surface area contributed by atoms with E-state index in [-0.39, 0.29) is 11.1 Å². The molecule has 1 saturated carbocycles. The minimum absolute atomic E-state index is 0.127. The van der Waals surface area contributed by atoms with Crippen LogP contribution in [-0.2, 0) is 16.6 Å². The third-order valence-electron chi connectivity index (χ3n) is 2.47. The van der Waals surface area contributed by atoms with Crippen molar-refractivity contribution in [1.82, 2.24) is 14.3 Å². The van der Waals surface area contributed by atoms with Crippen molar-refractivity contribution in [3.05, 3.63) is 12.0 Å². The van der Waals surface area contributed by atoms with Crippen LogP contribution in [0.4, 0.5) is 0 Å². The number of aryl methyl sites for hydroxylation is 2. The van der Waals surface area contributed by atoms with Crippen molar-refractivity contribution in [2.75, 3.05) is 0 Å². The third kappa shape index (κ3) is 2.21. The van der Waals surface area contributed by atoms with Crippen LogP contribution in [0.2, 0.25) is 0 Å². The van der Waals surface area contributed by atoms with E-state index in [1.807, 2.05) is 11.5 Å². The second kappa shape index (κ2) is 3.61. The van der Waals surface area contributed by atoms with Gasteiger partial charge in [-0.1, -0.05) is 0 Å². The van der Waals surface area contributed by atoms with Crippen molar-refractivity contribution in [3.63, 3.8) is 0 Å². The number of hydrogen-bond acceptors (Lipinski definition) is 3. The maximum Gasteiger partial charge on any atom is 0.259 e. The average Bonchev–Trinajstić information content (AvgIpc) is 2.86.